The summed E-state index contributed by atoms with van der Waals surface area (Å²) in [5, 5.41) is 9.67. The summed E-state index contributed by atoms with van der Waals surface area (Å²) in [4.78, 5) is 0. The Balaban J connectivity index is 2.85. The van der Waals surface area contributed by atoms with Gasteiger partial charge in [-0.15, -0.1) is 0 Å². The molecule has 1 aromatic carbocycles. The minimum absolute atomic E-state index is 0.471. The zero-order chi connectivity index (χ0) is 9.68. The number of ether oxygens (including phenoxy) is 1. The van der Waals surface area contributed by atoms with E-state index in [4.69, 9.17) is 10.5 Å². The molecule has 0 aromatic heterocycles. The second-order valence-electron chi connectivity index (χ2n) is 2.84. The van der Waals surface area contributed by atoms with Crippen LogP contribution in [-0.4, -0.2) is 18.8 Å². The SMILES string of the molecule is COc1ccccc1[C@@H](O)CCN. The summed E-state index contributed by atoms with van der Waals surface area (Å²) >= 11 is 0. The van der Waals surface area contributed by atoms with Gasteiger partial charge in [0.15, 0.2) is 0 Å². The molecule has 0 unspecified atom stereocenters. The van der Waals surface area contributed by atoms with Crippen molar-refractivity contribution in [2.45, 2.75) is 12.5 Å². The first kappa shape index (κ1) is 10.0. The van der Waals surface area contributed by atoms with Crippen LogP contribution in [0, 0.1) is 0 Å². The Morgan fingerprint density at radius 1 is 1.46 bits per heavy atom. The van der Waals surface area contributed by atoms with Crippen LogP contribution in [0.3, 0.4) is 0 Å². The van der Waals surface area contributed by atoms with Crippen molar-refractivity contribution in [2.75, 3.05) is 13.7 Å². The fourth-order valence-corrected chi connectivity index (χ4v) is 1.26. The van der Waals surface area contributed by atoms with Gasteiger partial charge in [-0.3, -0.25) is 0 Å². The van der Waals surface area contributed by atoms with E-state index >= 15 is 0 Å². The van der Waals surface area contributed by atoms with Gasteiger partial charge in [-0.05, 0) is 19.0 Å². The van der Waals surface area contributed by atoms with E-state index in [1.807, 2.05) is 24.3 Å². The van der Waals surface area contributed by atoms with Crippen LogP contribution in [0.25, 0.3) is 0 Å². The van der Waals surface area contributed by atoms with Crippen molar-refractivity contribution >= 4 is 0 Å². The molecule has 0 aliphatic heterocycles. The molecule has 72 valence electrons. The van der Waals surface area contributed by atoms with Crippen molar-refractivity contribution in [2.24, 2.45) is 5.73 Å². The third kappa shape index (κ3) is 2.44. The second-order valence-corrected chi connectivity index (χ2v) is 2.84. The summed E-state index contributed by atoms with van der Waals surface area (Å²) in [6.07, 6.45) is 0.0292. The van der Waals surface area contributed by atoms with E-state index < -0.39 is 6.10 Å². The molecule has 0 saturated carbocycles. The number of para-hydroxylation sites is 1. The normalized spacial score (nSPS) is 12.5. The summed E-state index contributed by atoms with van der Waals surface area (Å²) in [6, 6.07) is 7.42. The van der Waals surface area contributed by atoms with E-state index in [-0.39, 0.29) is 0 Å². The highest BCUT2D eigenvalue weighted by molar-refractivity contribution is 5.34. The number of methoxy groups -OCH3 is 1. The first-order valence-corrected chi connectivity index (χ1v) is 4.30. The van der Waals surface area contributed by atoms with Crippen LogP contribution in [0.5, 0.6) is 5.75 Å². The molecule has 0 aliphatic rings. The smallest absolute Gasteiger partial charge is 0.124 e. The van der Waals surface area contributed by atoms with Crippen molar-refractivity contribution in [3.8, 4) is 5.75 Å². The van der Waals surface area contributed by atoms with Crippen LogP contribution in [0.1, 0.15) is 18.1 Å². The Hall–Kier alpha value is -1.06. The molecule has 3 N–H and O–H groups in total. The van der Waals surface area contributed by atoms with Gasteiger partial charge < -0.3 is 15.6 Å². The Kier molecular flexibility index (Phi) is 3.73. The van der Waals surface area contributed by atoms with Gasteiger partial charge in [-0.2, -0.15) is 0 Å². The molecule has 1 atom stereocenters. The van der Waals surface area contributed by atoms with Crippen LogP contribution in [0.15, 0.2) is 24.3 Å². The summed E-state index contributed by atoms with van der Waals surface area (Å²) in [6.45, 7) is 0.471. The lowest BCUT2D eigenvalue weighted by molar-refractivity contribution is 0.166. The fraction of sp³-hybridized carbons (Fsp3) is 0.400. The molecule has 0 heterocycles. The summed E-state index contributed by atoms with van der Waals surface area (Å²) < 4.78 is 5.11. The van der Waals surface area contributed by atoms with E-state index in [2.05, 4.69) is 0 Å². The molecule has 0 radical (unpaired) electrons. The predicted molar refractivity (Wildman–Crippen MR) is 51.6 cm³/mol. The first-order chi connectivity index (χ1) is 6.29. The molecule has 13 heavy (non-hydrogen) atoms. The van der Waals surface area contributed by atoms with E-state index in [1.165, 1.54) is 0 Å². The zero-order valence-corrected chi connectivity index (χ0v) is 7.73. The molecule has 0 bridgehead atoms. The van der Waals surface area contributed by atoms with Gasteiger partial charge >= 0.3 is 0 Å². The molecular formula is C10H15NO2. The maximum Gasteiger partial charge on any atom is 0.124 e. The molecule has 3 heteroatoms. The van der Waals surface area contributed by atoms with Crippen molar-refractivity contribution in [3.63, 3.8) is 0 Å². The highest BCUT2D eigenvalue weighted by Gasteiger charge is 2.10. The number of aliphatic hydroxyl groups is 1. The van der Waals surface area contributed by atoms with Crippen LogP contribution < -0.4 is 10.5 Å². The van der Waals surface area contributed by atoms with Crippen molar-refractivity contribution in [3.05, 3.63) is 29.8 Å². The number of rotatable bonds is 4. The lowest BCUT2D eigenvalue weighted by Gasteiger charge is -2.13. The van der Waals surface area contributed by atoms with E-state index in [1.54, 1.807) is 7.11 Å². The lowest BCUT2D eigenvalue weighted by atomic mass is 10.1. The first-order valence-electron chi connectivity index (χ1n) is 4.30. The Labute approximate surface area is 78.1 Å². The second kappa shape index (κ2) is 4.84. The van der Waals surface area contributed by atoms with Crippen LogP contribution in [0.4, 0.5) is 0 Å². The van der Waals surface area contributed by atoms with Gasteiger partial charge in [0.2, 0.25) is 0 Å². The van der Waals surface area contributed by atoms with Gasteiger partial charge in [0.1, 0.15) is 5.75 Å². The highest BCUT2D eigenvalue weighted by atomic mass is 16.5. The zero-order valence-electron chi connectivity index (χ0n) is 7.73. The van der Waals surface area contributed by atoms with Gasteiger partial charge in [0, 0.05) is 5.56 Å². The van der Waals surface area contributed by atoms with Crippen LogP contribution in [0.2, 0.25) is 0 Å². The monoisotopic (exact) mass is 181 g/mol. The molecule has 0 fully saturated rings. The summed E-state index contributed by atoms with van der Waals surface area (Å²) in [5.74, 6) is 0.712. The molecule has 3 nitrogen and oxygen atoms in total. The van der Waals surface area contributed by atoms with Gasteiger partial charge in [0.05, 0.1) is 13.2 Å². The minimum Gasteiger partial charge on any atom is -0.496 e. The Bertz CT molecular complexity index is 263. The fourth-order valence-electron chi connectivity index (χ4n) is 1.26. The van der Waals surface area contributed by atoms with Gasteiger partial charge in [0.25, 0.3) is 0 Å². The van der Waals surface area contributed by atoms with Crippen molar-refractivity contribution in [1.82, 2.24) is 0 Å². The minimum atomic E-state index is -0.527. The number of hydrogen-bond donors (Lipinski definition) is 2. The van der Waals surface area contributed by atoms with Crippen LogP contribution in [-0.2, 0) is 0 Å². The molecule has 0 amide bonds. The number of aliphatic hydroxyl groups excluding tert-OH is 1. The maximum atomic E-state index is 9.67. The number of benzene rings is 1. The summed E-state index contributed by atoms with van der Waals surface area (Å²) in [5.41, 5.74) is 6.16. The topological polar surface area (TPSA) is 55.5 Å². The van der Waals surface area contributed by atoms with Gasteiger partial charge in [-0.1, -0.05) is 18.2 Å². The quantitative estimate of drug-likeness (QED) is 0.730. The summed E-state index contributed by atoms with van der Waals surface area (Å²) in [7, 11) is 1.59. The largest absolute Gasteiger partial charge is 0.496 e. The highest BCUT2D eigenvalue weighted by Crippen LogP contribution is 2.25. The van der Waals surface area contributed by atoms with Crippen molar-refractivity contribution < 1.29 is 9.84 Å². The Morgan fingerprint density at radius 2 is 2.15 bits per heavy atom. The third-order valence-corrected chi connectivity index (χ3v) is 1.94. The van der Waals surface area contributed by atoms with E-state index in [0.717, 1.165) is 5.56 Å². The molecule has 1 rings (SSSR count). The molecule has 0 aliphatic carbocycles. The van der Waals surface area contributed by atoms with Crippen molar-refractivity contribution in [1.29, 1.82) is 0 Å². The molecule has 0 spiro atoms. The average Bonchev–Trinajstić information content (AvgIpc) is 2.18. The molecule has 1 aromatic rings. The van der Waals surface area contributed by atoms with Gasteiger partial charge in [-0.25, -0.2) is 0 Å². The lowest BCUT2D eigenvalue weighted by Crippen LogP contribution is -2.07. The predicted octanol–water partition coefficient (Wildman–Crippen LogP) is 1.08. The maximum absolute atomic E-state index is 9.67. The van der Waals surface area contributed by atoms with E-state index in [9.17, 15) is 5.11 Å². The Morgan fingerprint density at radius 3 is 2.77 bits per heavy atom. The standard InChI is InChI=1S/C10H15NO2/c1-13-10-5-3-2-4-8(10)9(12)6-7-11/h2-5,9,12H,6-7,11H2,1H3/t9-/m0/s1. The van der Waals surface area contributed by atoms with Crippen LogP contribution >= 0.6 is 0 Å². The molecular weight excluding hydrogens is 166 g/mol. The third-order valence-electron chi connectivity index (χ3n) is 1.94. The average molecular weight is 181 g/mol. The number of nitrogens with two attached hydrogens (primary N) is 1. The molecule has 0 saturated heterocycles. The number of hydrogen-bond acceptors (Lipinski definition) is 3. The van der Waals surface area contributed by atoms with E-state index in [0.29, 0.717) is 18.7 Å².